The third-order valence-corrected chi connectivity index (χ3v) is 7.16. The Bertz CT molecular complexity index is 1210. The summed E-state index contributed by atoms with van der Waals surface area (Å²) in [7, 11) is 1.52. The zero-order valence-corrected chi connectivity index (χ0v) is 18.3. The smallest absolute Gasteiger partial charge is 0.291 e. The summed E-state index contributed by atoms with van der Waals surface area (Å²) in [5.41, 5.74) is 7.02. The first kappa shape index (κ1) is 21.1. The minimum atomic E-state index is -1.32. The first-order valence-electron chi connectivity index (χ1n) is 10.8. The zero-order valence-electron chi connectivity index (χ0n) is 18.3. The largest absolute Gasteiger partial charge is 0.496 e. The molecule has 5 N–H and O–H groups in total. The molecular weight excluding hydrogens is 424 g/mol. The summed E-state index contributed by atoms with van der Waals surface area (Å²) in [6.45, 7) is 1.90. The van der Waals surface area contributed by atoms with Crippen LogP contribution in [0.1, 0.15) is 23.1 Å². The van der Waals surface area contributed by atoms with Crippen molar-refractivity contribution >= 4 is 29.3 Å². The van der Waals surface area contributed by atoms with Crippen LogP contribution in [0, 0.1) is 18.8 Å². The lowest BCUT2D eigenvalue weighted by molar-refractivity contribution is -0.732. The van der Waals surface area contributed by atoms with E-state index in [4.69, 9.17) is 10.5 Å². The Balaban J connectivity index is 1.61. The van der Waals surface area contributed by atoms with Crippen molar-refractivity contribution in [1.82, 2.24) is 4.90 Å². The molecule has 0 aromatic heterocycles. The summed E-state index contributed by atoms with van der Waals surface area (Å²) in [5, 5.41) is 4.63. The Kier molecular flexibility index (Phi) is 4.75. The number of imide groups is 1. The highest BCUT2D eigenvalue weighted by atomic mass is 16.5. The number of rotatable bonds is 5. The van der Waals surface area contributed by atoms with Gasteiger partial charge >= 0.3 is 0 Å². The lowest BCUT2D eigenvalue weighted by atomic mass is 9.76. The van der Waals surface area contributed by atoms with E-state index in [1.165, 1.54) is 12.0 Å². The predicted octanol–water partition coefficient (Wildman–Crippen LogP) is -0.227. The van der Waals surface area contributed by atoms with Crippen LogP contribution in [0.2, 0.25) is 0 Å². The summed E-state index contributed by atoms with van der Waals surface area (Å²) in [4.78, 5) is 53.8. The quantitative estimate of drug-likeness (QED) is 0.542. The predicted molar refractivity (Wildman–Crippen MR) is 117 cm³/mol. The van der Waals surface area contributed by atoms with Crippen molar-refractivity contribution in [3.63, 3.8) is 0 Å². The zero-order chi connectivity index (χ0) is 23.5. The van der Waals surface area contributed by atoms with Crippen molar-refractivity contribution in [3.8, 4) is 5.75 Å². The number of quaternary nitrogens is 1. The summed E-state index contributed by atoms with van der Waals surface area (Å²) in [6, 6.07) is 12.0. The van der Waals surface area contributed by atoms with Crippen LogP contribution < -0.4 is 21.1 Å². The van der Waals surface area contributed by atoms with Gasteiger partial charge in [-0.2, -0.15) is 0 Å². The fourth-order valence-corrected chi connectivity index (χ4v) is 5.78. The molecule has 4 atom stereocenters. The molecule has 0 radical (unpaired) electrons. The number of likely N-dealkylation sites (tertiary alicyclic amines) is 1. The maximum atomic E-state index is 13.8. The highest BCUT2D eigenvalue weighted by Crippen LogP contribution is 2.50. The molecule has 33 heavy (non-hydrogen) atoms. The Hall–Kier alpha value is -3.72. The van der Waals surface area contributed by atoms with Crippen molar-refractivity contribution < 1.29 is 29.2 Å². The summed E-state index contributed by atoms with van der Waals surface area (Å²) in [6.07, 6.45) is -0.112. The number of aryl methyl sites for hydroxylation is 1. The molecule has 5 rings (SSSR count). The molecule has 0 bridgehead atoms. The number of methoxy groups -OCH3 is 1. The number of nitrogens with one attached hydrogen (secondary N) is 1. The van der Waals surface area contributed by atoms with Crippen molar-refractivity contribution in [2.75, 3.05) is 12.4 Å². The molecule has 0 saturated carbocycles. The molecule has 2 fully saturated rings. The van der Waals surface area contributed by atoms with Gasteiger partial charge in [0.2, 0.25) is 23.3 Å². The molecular formula is C24H25N4O5+. The molecule has 9 nitrogen and oxygen atoms in total. The van der Waals surface area contributed by atoms with Gasteiger partial charge in [-0.3, -0.25) is 24.1 Å². The monoisotopic (exact) mass is 449 g/mol. The van der Waals surface area contributed by atoms with Crippen LogP contribution >= 0.6 is 0 Å². The van der Waals surface area contributed by atoms with Gasteiger partial charge in [0.1, 0.15) is 23.6 Å². The van der Waals surface area contributed by atoms with E-state index < -0.39 is 41.1 Å². The molecule has 3 aliphatic heterocycles. The van der Waals surface area contributed by atoms with E-state index in [9.17, 15) is 19.2 Å². The number of carbonyl (C=O) groups is 4. The maximum Gasteiger partial charge on any atom is 0.291 e. The molecule has 2 aromatic carbocycles. The van der Waals surface area contributed by atoms with E-state index in [1.54, 1.807) is 35.6 Å². The van der Waals surface area contributed by atoms with E-state index in [0.29, 0.717) is 22.6 Å². The number of nitrogens with zero attached hydrogens (tertiary/aromatic N) is 1. The Morgan fingerprint density at radius 2 is 1.91 bits per heavy atom. The van der Waals surface area contributed by atoms with Crippen LogP contribution in [0.5, 0.6) is 5.75 Å². The number of benzene rings is 2. The SMILES string of the molecule is COc1ccccc1CN1C(=O)[C@H]2[C@@H](C1=O)[C@]1([NH2+][C@@H]2CC(N)=O)C(=O)Nc2c(C)cccc21. The number of nitrogens with two attached hydrogens (primary N) is 2. The van der Waals surface area contributed by atoms with Crippen LogP contribution in [-0.2, 0) is 31.3 Å². The van der Waals surface area contributed by atoms with Gasteiger partial charge in [0.05, 0.1) is 25.8 Å². The normalized spacial score (nSPS) is 27.6. The molecule has 0 unspecified atom stereocenters. The van der Waals surface area contributed by atoms with Crippen molar-refractivity contribution in [2.24, 2.45) is 17.6 Å². The van der Waals surface area contributed by atoms with Crippen molar-refractivity contribution in [1.29, 1.82) is 0 Å². The second-order valence-corrected chi connectivity index (χ2v) is 8.90. The molecule has 1 spiro atoms. The number of hydrogen-bond donors (Lipinski definition) is 3. The summed E-state index contributed by atoms with van der Waals surface area (Å²) >= 11 is 0. The van der Waals surface area contributed by atoms with Gasteiger partial charge in [0, 0.05) is 11.1 Å². The molecule has 3 heterocycles. The van der Waals surface area contributed by atoms with Gasteiger partial charge in [-0.05, 0) is 18.6 Å². The first-order valence-corrected chi connectivity index (χ1v) is 10.8. The Morgan fingerprint density at radius 1 is 1.15 bits per heavy atom. The number of primary amides is 1. The van der Waals surface area contributed by atoms with E-state index in [0.717, 1.165) is 5.56 Å². The van der Waals surface area contributed by atoms with Gasteiger partial charge < -0.3 is 21.1 Å². The summed E-state index contributed by atoms with van der Waals surface area (Å²) in [5.74, 6) is -2.98. The number of fused-ring (bicyclic) bond motifs is 4. The van der Waals surface area contributed by atoms with E-state index in [1.807, 2.05) is 19.1 Å². The number of hydrogen-bond acceptors (Lipinski definition) is 5. The van der Waals surface area contributed by atoms with Gasteiger partial charge in [-0.15, -0.1) is 0 Å². The van der Waals surface area contributed by atoms with E-state index in [2.05, 4.69) is 5.32 Å². The van der Waals surface area contributed by atoms with Crippen molar-refractivity contribution in [2.45, 2.75) is 31.5 Å². The second kappa shape index (κ2) is 7.41. The fourth-order valence-electron chi connectivity index (χ4n) is 5.78. The molecule has 170 valence electrons. The second-order valence-electron chi connectivity index (χ2n) is 8.90. The third-order valence-electron chi connectivity index (χ3n) is 7.16. The van der Waals surface area contributed by atoms with Crippen LogP contribution in [0.15, 0.2) is 42.5 Å². The van der Waals surface area contributed by atoms with E-state index >= 15 is 0 Å². The van der Waals surface area contributed by atoms with Gasteiger partial charge in [-0.1, -0.05) is 36.4 Å². The van der Waals surface area contributed by atoms with Crippen LogP contribution in [0.25, 0.3) is 0 Å². The Labute approximate surface area is 190 Å². The highest BCUT2D eigenvalue weighted by Gasteiger charge is 2.74. The minimum Gasteiger partial charge on any atom is -0.496 e. The minimum absolute atomic E-state index is 0.0242. The Morgan fingerprint density at radius 3 is 2.64 bits per heavy atom. The molecule has 2 saturated heterocycles. The lowest BCUT2D eigenvalue weighted by Gasteiger charge is -2.26. The highest BCUT2D eigenvalue weighted by molar-refractivity contribution is 6.14. The molecule has 2 aromatic rings. The van der Waals surface area contributed by atoms with Crippen LogP contribution in [0.4, 0.5) is 5.69 Å². The maximum absolute atomic E-state index is 13.8. The first-order chi connectivity index (χ1) is 15.8. The molecule has 0 aliphatic carbocycles. The lowest BCUT2D eigenvalue weighted by Crippen LogP contribution is -2.99. The van der Waals surface area contributed by atoms with E-state index in [-0.39, 0.29) is 18.9 Å². The number of carbonyl (C=O) groups excluding carboxylic acids is 4. The number of amides is 4. The number of para-hydroxylation sites is 2. The van der Waals surface area contributed by atoms with Gasteiger partial charge in [0.25, 0.3) is 5.91 Å². The van der Waals surface area contributed by atoms with Gasteiger partial charge in [0.15, 0.2) is 0 Å². The number of ether oxygens (including phenoxy) is 1. The molecule has 3 aliphatic rings. The third kappa shape index (κ3) is 2.88. The van der Waals surface area contributed by atoms with Crippen molar-refractivity contribution in [3.05, 3.63) is 59.2 Å². The average molecular weight is 449 g/mol. The van der Waals surface area contributed by atoms with Crippen LogP contribution in [0.3, 0.4) is 0 Å². The standard InChI is InChI=1S/C24H24N4O5/c1-12-6-5-8-14-20(12)26-23(32)24(14)19-18(15(27-24)10-17(25)29)21(30)28(22(19)31)11-13-7-3-4-9-16(13)33-2/h3-9,15,18-19,27H,10-11H2,1-2H3,(H2,25,29)(H,26,32)/p+1/t15-,18-,19+,24+/m1/s1. The van der Waals surface area contributed by atoms with Crippen LogP contribution in [-0.4, -0.2) is 41.7 Å². The molecule has 4 amide bonds. The topological polar surface area (TPSA) is 135 Å². The average Bonchev–Trinajstić information content (AvgIpc) is 3.35. The fraction of sp³-hybridized carbons (Fsp3) is 0.333. The van der Waals surface area contributed by atoms with Gasteiger partial charge in [-0.25, -0.2) is 0 Å². The summed E-state index contributed by atoms with van der Waals surface area (Å²) < 4.78 is 5.38. The molecule has 9 heteroatoms. The number of anilines is 1.